The van der Waals surface area contributed by atoms with Crippen LogP contribution in [-0.2, 0) is 0 Å². The quantitative estimate of drug-likeness (QED) is 0.439. The zero-order valence-electron chi connectivity index (χ0n) is 20.0. The molecule has 2 fully saturated rings. The van der Waals surface area contributed by atoms with Gasteiger partial charge in [0.1, 0.15) is 11.3 Å². The Morgan fingerprint density at radius 1 is 1.14 bits per heavy atom. The van der Waals surface area contributed by atoms with Gasteiger partial charge in [0.25, 0.3) is 11.8 Å². The van der Waals surface area contributed by atoms with Gasteiger partial charge in [-0.1, -0.05) is 42.0 Å². The maximum atomic E-state index is 13.7. The van der Waals surface area contributed by atoms with Crippen LogP contribution in [0.15, 0.2) is 63.8 Å². The molecule has 0 radical (unpaired) electrons. The van der Waals surface area contributed by atoms with Gasteiger partial charge in [-0.15, -0.1) is 11.3 Å². The fourth-order valence-electron chi connectivity index (χ4n) is 5.26. The summed E-state index contributed by atoms with van der Waals surface area (Å²) < 4.78 is 5.68. The van der Waals surface area contributed by atoms with Crippen LogP contribution in [0.25, 0.3) is 21.4 Å². The van der Waals surface area contributed by atoms with Crippen molar-refractivity contribution >= 4 is 34.1 Å². The third-order valence-corrected chi connectivity index (χ3v) is 8.13. The number of nitrogens with one attached hydrogen (secondary N) is 1. The lowest BCUT2D eigenvalue weighted by Crippen LogP contribution is -2.45. The third-order valence-electron chi connectivity index (χ3n) is 7.11. The summed E-state index contributed by atoms with van der Waals surface area (Å²) in [5.74, 6) is 0.231. The Morgan fingerprint density at radius 2 is 1.97 bits per heavy atom. The van der Waals surface area contributed by atoms with Gasteiger partial charge in [-0.2, -0.15) is 0 Å². The van der Waals surface area contributed by atoms with Crippen LogP contribution >= 0.6 is 11.3 Å². The summed E-state index contributed by atoms with van der Waals surface area (Å²) in [7, 11) is 0. The Balaban J connectivity index is 1.22. The zero-order chi connectivity index (χ0) is 25.0. The molecule has 0 unspecified atom stereocenters. The minimum absolute atomic E-state index is 0.0289. The number of hydrogen-bond donors (Lipinski definition) is 1. The van der Waals surface area contributed by atoms with Crippen molar-refractivity contribution < 1.29 is 14.0 Å². The van der Waals surface area contributed by atoms with Crippen molar-refractivity contribution in [2.24, 2.45) is 11.8 Å². The predicted molar refractivity (Wildman–Crippen MR) is 138 cm³/mol. The highest BCUT2D eigenvalue weighted by atomic mass is 32.1. The van der Waals surface area contributed by atoms with E-state index in [1.807, 2.05) is 36.9 Å². The number of aromatic nitrogens is 1. The molecule has 3 atom stereocenters. The highest BCUT2D eigenvalue weighted by Crippen LogP contribution is 2.50. The molecule has 182 valence electrons. The highest BCUT2D eigenvalue weighted by Gasteiger charge is 2.54. The van der Waals surface area contributed by atoms with E-state index in [4.69, 9.17) is 4.42 Å². The number of hydrogen-bond acceptors (Lipinski definition) is 6. The molecule has 1 saturated heterocycles. The van der Waals surface area contributed by atoms with Crippen LogP contribution in [0.2, 0.25) is 0 Å². The molecule has 2 aromatic heterocycles. The number of benzene rings is 2. The van der Waals surface area contributed by atoms with Crippen LogP contribution in [0.1, 0.15) is 38.0 Å². The highest BCUT2D eigenvalue weighted by molar-refractivity contribution is 7.15. The molecule has 1 aliphatic carbocycles. The van der Waals surface area contributed by atoms with Crippen molar-refractivity contribution in [2.45, 2.75) is 26.3 Å². The van der Waals surface area contributed by atoms with Crippen LogP contribution in [0.3, 0.4) is 0 Å². The Hall–Kier alpha value is -3.78. The molecule has 36 heavy (non-hydrogen) atoms. The summed E-state index contributed by atoms with van der Waals surface area (Å²) in [5.41, 5.74) is 2.70. The zero-order valence-corrected chi connectivity index (χ0v) is 20.8. The van der Waals surface area contributed by atoms with Crippen LogP contribution in [0.5, 0.6) is 0 Å². The van der Waals surface area contributed by atoms with Crippen LogP contribution in [0, 0.1) is 25.7 Å². The van der Waals surface area contributed by atoms with E-state index >= 15 is 0 Å². The van der Waals surface area contributed by atoms with Gasteiger partial charge in [-0.3, -0.25) is 14.4 Å². The van der Waals surface area contributed by atoms with Gasteiger partial charge < -0.3 is 14.6 Å². The molecule has 2 aromatic carbocycles. The lowest BCUT2D eigenvalue weighted by molar-refractivity contribution is 0.0688. The minimum atomic E-state index is -0.459. The van der Waals surface area contributed by atoms with Gasteiger partial charge in [0, 0.05) is 19.2 Å². The first-order valence-corrected chi connectivity index (χ1v) is 12.9. The van der Waals surface area contributed by atoms with Gasteiger partial charge in [0.2, 0.25) is 0 Å². The number of amides is 2. The molecule has 2 aliphatic rings. The average Bonchev–Trinajstić information content (AvgIpc) is 3.38. The number of para-hydroxylation sites is 1. The van der Waals surface area contributed by atoms with Crippen molar-refractivity contribution in [1.82, 2.24) is 15.2 Å². The summed E-state index contributed by atoms with van der Waals surface area (Å²) in [6, 6.07) is 16.1. The summed E-state index contributed by atoms with van der Waals surface area (Å²) in [4.78, 5) is 46.3. The standard InChI is InChI=1S/C28H25N3O4S/c1-15-6-5-7-17(10-15)26-25(30-16(2)36-26)28(34)31-14-18-11-20(18)21(31)13-29-27(33)24-12-22(32)19-8-3-4-9-23(19)35-24/h3-10,12,18,20-21H,11,13-14H2,1-2H3,(H,29,33)/t18-,20-,21-/m1/s1. The molecule has 2 amide bonds. The predicted octanol–water partition coefficient (Wildman–Crippen LogP) is 4.42. The first-order chi connectivity index (χ1) is 17.4. The number of thiazole rings is 1. The van der Waals surface area contributed by atoms with Crippen LogP contribution in [-0.4, -0.2) is 40.8 Å². The first-order valence-electron chi connectivity index (χ1n) is 12.1. The topological polar surface area (TPSA) is 92.5 Å². The monoisotopic (exact) mass is 499 g/mol. The van der Waals surface area contributed by atoms with E-state index in [-0.39, 0.29) is 23.1 Å². The van der Waals surface area contributed by atoms with Gasteiger partial charge in [0.05, 0.1) is 21.3 Å². The molecular formula is C28H25N3O4S. The fraction of sp³-hybridized carbons (Fsp3) is 0.286. The second kappa shape index (κ2) is 8.71. The molecule has 3 heterocycles. The number of carbonyl (C=O) groups is 2. The van der Waals surface area contributed by atoms with E-state index in [9.17, 15) is 14.4 Å². The Bertz CT molecular complexity index is 1570. The van der Waals surface area contributed by atoms with Crippen molar-refractivity contribution in [2.75, 3.05) is 13.1 Å². The Morgan fingerprint density at radius 3 is 2.81 bits per heavy atom. The second-order valence-electron chi connectivity index (χ2n) is 9.65. The second-order valence-corrected chi connectivity index (χ2v) is 10.8. The maximum absolute atomic E-state index is 13.7. The van der Waals surface area contributed by atoms with Crippen LogP contribution < -0.4 is 10.7 Å². The average molecular weight is 500 g/mol. The minimum Gasteiger partial charge on any atom is -0.451 e. The molecule has 0 bridgehead atoms. The van der Waals surface area contributed by atoms with Gasteiger partial charge in [0.15, 0.2) is 11.2 Å². The third kappa shape index (κ3) is 4.01. The van der Waals surface area contributed by atoms with Crippen molar-refractivity contribution in [1.29, 1.82) is 0 Å². The van der Waals surface area contributed by atoms with Crippen molar-refractivity contribution in [3.63, 3.8) is 0 Å². The van der Waals surface area contributed by atoms with E-state index in [2.05, 4.69) is 16.4 Å². The molecule has 6 rings (SSSR count). The van der Waals surface area contributed by atoms with E-state index in [0.717, 1.165) is 27.4 Å². The van der Waals surface area contributed by atoms with Crippen molar-refractivity contribution in [3.8, 4) is 10.4 Å². The Labute approximate surface area is 211 Å². The molecule has 1 N–H and O–H groups in total. The SMILES string of the molecule is Cc1cccc(-c2sc(C)nc2C(=O)N2C[C@H]3C[C@H]3[C@H]2CNC(=O)c2cc(=O)c3ccccc3o2)c1. The molecule has 1 aliphatic heterocycles. The van der Waals surface area contributed by atoms with E-state index in [0.29, 0.717) is 41.6 Å². The van der Waals surface area contributed by atoms with Crippen LogP contribution in [0.4, 0.5) is 0 Å². The largest absolute Gasteiger partial charge is 0.451 e. The fourth-order valence-corrected chi connectivity index (χ4v) is 6.16. The number of carbonyl (C=O) groups excluding carboxylic acids is 2. The number of rotatable bonds is 5. The lowest BCUT2D eigenvalue weighted by atomic mass is 10.1. The van der Waals surface area contributed by atoms with Crippen molar-refractivity contribution in [3.05, 3.63) is 86.8 Å². The number of likely N-dealkylation sites (tertiary alicyclic amines) is 1. The summed E-state index contributed by atoms with van der Waals surface area (Å²) >= 11 is 1.52. The molecule has 0 spiro atoms. The van der Waals surface area contributed by atoms with E-state index in [1.54, 1.807) is 24.3 Å². The normalized spacial score (nSPS) is 20.4. The number of fused-ring (bicyclic) bond motifs is 2. The van der Waals surface area contributed by atoms with Gasteiger partial charge in [-0.25, -0.2) is 4.98 Å². The summed E-state index contributed by atoms with van der Waals surface area (Å²) in [6.07, 6.45) is 1.05. The molecule has 1 saturated carbocycles. The maximum Gasteiger partial charge on any atom is 0.287 e. The molecule has 4 aromatic rings. The molecule has 8 heteroatoms. The first kappa shape index (κ1) is 22.7. The summed E-state index contributed by atoms with van der Waals surface area (Å²) in [6.45, 7) is 4.91. The Kier molecular flexibility index (Phi) is 5.48. The smallest absolute Gasteiger partial charge is 0.287 e. The van der Waals surface area contributed by atoms with E-state index in [1.165, 1.54) is 17.4 Å². The van der Waals surface area contributed by atoms with Gasteiger partial charge >= 0.3 is 0 Å². The summed E-state index contributed by atoms with van der Waals surface area (Å²) in [5, 5.41) is 4.18. The number of nitrogens with zero attached hydrogens (tertiary/aromatic N) is 2. The number of piperidine rings is 1. The molecular weight excluding hydrogens is 474 g/mol. The van der Waals surface area contributed by atoms with E-state index < -0.39 is 5.91 Å². The van der Waals surface area contributed by atoms with Gasteiger partial charge in [-0.05, 0) is 49.8 Å². The molecule has 7 nitrogen and oxygen atoms in total. The number of aryl methyl sites for hydroxylation is 2. The lowest BCUT2D eigenvalue weighted by Gasteiger charge is -2.27.